The van der Waals surface area contributed by atoms with Gasteiger partial charge in [-0.05, 0) is 12.8 Å². The summed E-state index contributed by atoms with van der Waals surface area (Å²) < 4.78 is 0. The predicted octanol–water partition coefficient (Wildman–Crippen LogP) is 1.43. The van der Waals surface area contributed by atoms with E-state index in [9.17, 15) is 4.79 Å². The molecule has 0 aliphatic carbocycles. The highest BCUT2D eigenvalue weighted by Gasteiger charge is 2.09. The molecule has 2 N–H and O–H groups in total. The van der Waals surface area contributed by atoms with E-state index < -0.39 is 0 Å². The summed E-state index contributed by atoms with van der Waals surface area (Å²) in [4.78, 5) is 11.1. The summed E-state index contributed by atoms with van der Waals surface area (Å²) in [5.74, 6) is 0.0878. The summed E-state index contributed by atoms with van der Waals surface area (Å²) in [6.45, 7) is 7.04. The Hall–Kier alpha value is -0.890. The lowest BCUT2D eigenvalue weighted by Gasteiger charge is -2.05. The first-order chi connectivity index (χ1) is 5.22. The first-order valence-electron chi connectivity index (χ1n) is 3.72. The molecule has 0 bridgehead atoms. The monoisotopic (exact) mass is 153 g/mol. The van der Waals surface area contributed by atoms with Gasteiger partial charge in [-0.2, -0.15) is 0 Å². The Balaban J connectivity index is 3.62. The molecule has 0 aromatic heterocycles. The van der Waals surface area contributed by atoms with Gasteiger partial charge in [0, 0.05) is 6.42 Å². The SMILES string of the molecule is C=CCCC(=O)C(N)CC=C. The minimum Gasteiger partial charge on any atom is -0.321 e. The molecule has 0 fully saturated rings. The lowest BCUT2D eigenvalue weighted by Crippen LogP contribution is -2.29. The minimum atomic E-state index is -0.368. The van der Waals surface area contributed by atoms with Crippen LogP contribution in [0.25, 0.3) is 0 Å². The number of nitrogens with two attached hydrogens (primary N) is 1. The van der Waals surface area contributed by atoms with E-state index in [1.807, 2.05) is 0 Å². The maximum Gasteiger partial charge on any atom is 0.150 e. The molecule has 0 aliphatic rings. The number of Topliss-reactive ketones (excluding diaryl/α,β-unsaturated/α-hetero) is 1. The number of hydrogen-bond donors (Lipinski definition) is 1. The fourth-order valence-corrected chi connectivity index (χ4v) is 0.741. The molecule has 2 nitrogen and oxygen atoms in total. The van der Waals surface area contributed by atoms with E-state index in [4.69, 9.17) is 5.73 Å². The van der Waals surface area contributed by atoms with Crippen molar-refractivity contribution in [3.8, 4) is 0 Å². The summed E-state index contributed by atoms with van der Waals surface area (Å²) in [5, 5.41) is 0. The molecule has 0 radical (unpaired) electrons. The average Bonchev–Trinajstić information content (AvgIpc) is 2.00. The molecule has 0 heterocycles. The highest BCUT2D eigenvalue weighted by molar-refractivity contribution is 5.83. The molecule has 0 saturated carbocycles. The van der Waals surface area contributed by atoms with Crippen molar-refractivity contribution < 1.29 is 4.79 Å². The van der Waals surface area contributed by atoms with Gasteiger partial charge in [-0.25, -0.2) is 0 Å². The Morgan fingerprint density at radius 1 is 1.45 bits per heavy atom. The molecule has 0 aliphatic heterocycles. The Bertz CT molecular complexity index is 152. The zero-order valence-electron chi connectivity index (χ0n) is 6.75. The molecule has 62 valence electrons. The zero-order chi connectivity index (χ0) is 8.69. The quantitative estimate of drug-likeness (QED) is 0.586. The topological polar surface area (TPSA) is 43.1 Å². The van der Waals surface area contributed by atoms with Crippen LogP contribution in [-0.4, -0.2) is 11.8 Å². The third-order valence-corrected chi connectivity index (χ3v) is 1.43. The Kier molecular flexibility index (Phi) is 5.39. The van der Waals surface area contributed by atoms with E-state index in [2.05, 4.69) is 13.2 Å². The molecule has 0 rings (SSSR count). The highest BCUT2D eigenvalue weighted by atomic mass is 16.1. The fourth-order valence-electron chi connectivity index (χ4n) is 0.741. The van der Waals surface area contributed by atoms with Crippen LogP contribution in [0.3, 0.4) is 0 Å². The maximum absolute atomic E-state index is 11.1. The van der Waals surface area contributed by atoms with Crippen molar-refractivity contribution >= 4 is 5.78 Å². The second kappa shape index (κ2) is 5.86. The summed E-state index contributed by atoms with van der Waals surface area (Å²) in [7, 11) is 0. The minimum absolute atomic E-state index is 0.0878. The van der Waals surface area contributed by atoms with E-state index in [0.29, 0.717) is 19.3 Å². The molecule has 11 heavy (non-hydrogen) atoms. The third-order valence-electron chi connectivity index (χ3n) is 1.43. The first-order valence-corrected chi connectivity index (χ1v) is 3.72. The van der Waals surface area contributed by atoms with Crippen molar-refractivity contribution in [2.24, 2.45) is 5.73 Å². The van der Waals surface area contributed by atoms with Gasteiger partial charge in [0.05, 0.1) is 6.04 Å². The third kappa shape index (κ3) is 4.51. The van der Waals surface area contributed by atoms with E-state index in [1.54, 1.807) is 12.2 Å². The number of carbonyl (C=O) groups is 1. The summed E-state index contributed by atoms with van der Waals surface area (Å²) in [5.41, 5.74) is 5.51. The average molecular weight is 153 g/mol. The molecule has 0 aromatic carbocycles. The predicted molar refractivity (Wildman–Crippen MR) is 47.2 cm³/mol. The van der Waals surface area contributed by atoms with E-state index >= 15 is 0 Å². The lowest BCUT2D eigenvalue weighted by molar-refractivity contribution is -0.120. The summed E-state index contributed by atoms with van der Waals surface area (Å²) in [6, 6.07) is -0.368. The standard InChI is InChI=1S/C9H15NO/c1-3-5-7-9(11)8(10)6-4-2/h3-4,8H,1-2,5-7,10H2. The zero-order valence-corrected chi connectivity index (χ0v) is 6.75. The summed E-state index contributed by atoms with van der Waals surface area (Å²) in [6.07, 6.45) is 5.16. The van der Waals surface area contributed by atoms with E-state index in [-0.39, 0.29) is 11.8 Å². The summed E-state index contributed by atoms with van der Waals surface area (Å²) >= 11 is 0. The Morgan fingerprint density at radius 2 is 2.09 bits per heavy atom. The smallest absolute Gasteiger partial charge is 0.150 e. The van der Waals surface area contributed by atoms with Gasteiger partial charge in [0.2, 0.25) is 0 Å². The number of allylic oxidation sites excluding steroid dienone is 1. The molecular weight excluding hydrogens is 138 g/mol. The van der Waals surface area contributed by atoms with Crippen LogP contribution in [0.1, 0.15) is 19.3 Å². The number of hydrogen-bond acceptors (Lipinski definition) is 2. The van der Waals surface area contributed by atoms with Crippen molar-refractivity contribution in [2.75, 3.05) is 0 Å². The van der Waals surface area contributed by atoms with Gasteiger partial charge < -0.3 is 5.73 Å². The molecule has 0 aromatic rings. The molecule has 0 amide bonds. The van der Waals surface area contributed by atoms with Gasteiger partial charge in [-0.15, -0.1) is 13.2 Å². The second-order valence-electron chi connectivity index (χ2n) is 2.42. The first kappa shape index (κ1) is 10.1. The Labute approximate surface area is 67.8 Å². The van der Waals surface area contributed by atoms with Gasteiger partial charge in [0.1, 0.15) is 5.78 Å². The van der Waals surface area contributed by atoms with Crippen LogP contribution in [0.4, 0.5) is 0 Å². The number of ketones is 1. The van der Waals surface area contributed by atoms with Crippen molar-refractivity contribution in [1.29, 1.82) is 0 Å². The van der Waals surface area contributed by atoms with Gasteiger partial charge in [0.15, 0.2) is 0 Å². The van der Waals surface area contributed by atoms with Gasteiger partial charge >= 0.3 is 0 Å². The molecule has 2 heteroatoms. The van der Waals surface area contributed by atoms with Crippen molar-refractivity contribution in [3.05, 3.63) is 25.3 Å². The van der Waals surface area contributed by atoms with Crippen LogP contribution in [-0.2, 0) is 4.79 Å². The van der Waals surface area contributed by atoms with Gasteiger partial charge in [0.25, 0.3) is 0 Å². The van der Waals surface area contributed by atoms with Crippen LogP contribution in [0, 0.1) is 0 Å². The van der Waals surface area contributed by atoms with E-state index in [1.165, 1.54) is 0 Å². The van der Waals surface area contributed by atoms with Crippen LogP contribution in [0.5, 0.6) is 0 Å². The highest BCUT2D eigenvalue weighted by Crippen LogP contribution is 1.98. The van der Waals surface area contributed by atoms with Crippen LogP contribution in [0.2, 0.25) is 0 Å². The second-order valence-corrected chi connectivity index (χ2v) is 2.42. The lowest BCUT2D eigenvalue weighted by atomic mass is 10.1. The van der Waals surface area contributed by atoms with Crippen molar-refractivity contribution in [1.82, 2.24) is 0 Å². The molecule has 0 spiro atoms. The fraction of sp³-hybridized carbons (Fsp3) is 0.444. The van der Waals surface area contributed by atoms with Crippen LogP contribution in [0.15, 0.2) is 25.3 Å². The molecule has 1 atom stereocenters. The number of rotatable bonds is 6. The molecule has 1 unspecified atom stereocenters. The van der Waals surface area contributed by atoms with Crippen LogP contribution < -0.4 is 5.73 Å². The molecular formula is C9H15NO. The van der Waals surface area contributed by atoms with Gasteiger partial charge in [-0.1, -0.05) is 12.2 Å². The maximum atomic E-state index is 11.1. The van der Waals surface area contributed by atoms with Crippen molar-refractivity contribution in [3.63, 3.8) is 0 Å². The largest absolute Gasteiger partial charge is 0.321 e. The van der Waals surface area contributed by atoms with E-state index in [0.717, 1.165) is 0 Å². The number of carbonyl (C=O) groups excluding carboxylic acids is 1. The normalized spacial score (nSPS) is 12.1. The van der Waals surface area contributed by atoms with Gasteiger partial charge in [-0.3, -0.25) is 4.79 Å². The van der Waals surface area contributed by atoms with Crippen LogP contribution >= 0.6 is 0 Å². The Morgan fingerprint density at radius 3 is 2.55 bits per heavy atom. The van der Waals surface area contributed by atoms with Crippen molar-refractivity contribution in [2.45, 2.75) is 25.3 Å². The molecule has 0 saturated heterocycles.